The molecule has 2 saturated heterocycles. The summed E-state index contributed by atoms with van der Waals surface area (Å²) in [6, 6.07) is 8.11. The smallest absolute Gasteiger partial charge is 0.274 e. The van der Waals surface area contributed by atoms with Gasteiger partial charge in [-0.25, -0.2) is 13.4 Å². The number of amides is 1. The Labute approximate surface area is 197 Å². The van der Waals surface area contributed by atoms with Crippen LogP contribution in [0.5, 0.6) is 0 Å². The van der Waals surface area contributed by atoms with E-state index in [9.17, 15) is 13.2 Å². The van der Waals surface area contributed by atoms with Crippen LogP contribution in [0.2, 0.25) is 0 Å². The predicted molar refractivity (Wildman–Crippen MR) is 129 cm³/mol. The minimum absolute atomic E-state index is 0.00973. The van der Waals surface area contributed by atoms with E-state index in [1.54, 1.807) is 11.3 Å². The van der Waals surface area contributed by atoms with Crippen molar-refractivity contribution in [3.05, 3.63) is 46.2 Å². The van der Waals surface area contributed by atoms with Gasteiger partial charge in [-0.2, -0.15) is 5.10 Å². The van der Waals surface area contributed by atoms with Crippen molar-refractivity contribution in [3.8, 4) is 0 Å². The van der Waals surface area contributed by atoms with Crippen LogP contribution in [0.15, 0.2) is 24.3 Å². The maximum Gasteiger partial charge on any atom is 0.274 e. The van der Waals surface area contributed by atoms with Gasteiger partial charge in [-0.1, -0.05) is 12.1 Å². The van der Waals surface area contributed by atoms with Gasteiger partial charge in [0.15, 0.2) is 15.5 Å². The highest BCUT2D eigenvalue weighted by Crippen LogP contribution is 2.35. The third kappa shape index (κ3) is 3.89. The largest absolute Gasteiger partial charge is 0.337 e. The number of aromatic nitrogens is 3. The summed E-state index contributed by atoms with van der Waals surface area (Å²) in [5.74, 6) is 0.758. The average Bonchev–Trinajstić information content (AvgIpc) is 3.53. The number of rotatable bonds is 3. The molecule has 4 heterocycles. The fourth-order valence-electron chi connectivity index (χ4n) is 5.61. The van der Waals surface area contributed by atoms with Gasteiger partial charge in [-0.3, -0.25) is 9.48 Å². The number of sulfone groups is 1. The quantitative estimate of drug-likeness (QED) is 0.565. The Balaban J connectivity index is 1.21. The van der Waals surface area contributed by atoms with Gasteiger partial charge >= 0.3 is 0 Å². The summed E-state index contributed by atoms with van der Waals surface area (Å²) in [4.78, 5) is 20.3. The summed E-state index contributed by atoms with van der Waals surface area (Å²) in [5.41, 5.74) is 3.77. The fourth-order valence-corrected chi connectivity index (χ4v) is 8.44. The van der Waals surface area contributed by atoms with Crippen LogP contribution in [0.1, 0.15) is 70.8 Å². The highest BCUT2D eigenvalue weighted by atomic mass is 32.2. The number of likely N-dealkylation sites (tertiary alicyclic amines) is 1. The molecule has 2 fully saturated rings. The summed E-state index contributed by atoms with van der Waals surface area (Å²) >= 11 is 1.77. The molecule has 0 saturated carbocycles. The van der Waals surface area contributed by atoms with Crippen molar-refractivity contribution in [3.63, 3.8) is 0 Å². The Morgan fingerprint density at radius 1 is 1.06 bits per heavy atom. The van der Waals surface area contributed by atoms with Crippen LogP contribution in [-0.4, -0.2) is 58.6 Å². The van der Waals surface area contributed by atoms with Crippen LogP contribution >= 0.6 is 11.3 Å². The zero-order valence-corrected chi connectivity index (χ0v) is 20.2. The molecular formula is C24H28N4O3S2. The first-order chi connectivity index (χ1) is 16.0. The van der Waals surface area contributed by atoms with Gasteiger partial charge in [0, 0.05) is 30.3 Å². The number of hydrogen-bond acceptors (Lipinski definition) is 6. The topological polar surface area (TPSA) is 85.2 Å². The molecule has 0 N–H and O–H groups in total. The molecule has 3 aliphatic rings. The number of hydrogen-bond donors (Lipinski definition) is 0. The highest BCUT2D eigenvalue weighted by Gasteiger charge is 2.36. The van der Waals surface area contributed by atoms with Gasteiger partial charge in [-0.05, 0) is 57.1 Å². The molecule has 3 aromatic rings. The number of benzene rings is 1. The molecule has 1 aromatic carbocycles. The summed E-state index contributed by atoms with van der Waals surface area (Å²) in [6.45, 7) is 1.41. The summed E-state index contributed by atoms with van der Waals surface area (Å²) in [7, 11) is -3.01. The van der Waals surface area contributed by atoms with Crippen molar-refractivity contribution in [1.29, 1.82) is 0 Å². The van der Waals surface area contributed by atoms with E-state index < -0.39 is 9.84 Å². The summed E-state index contributed by atoms with van der Waals surface area (Å²) in [6.07, 6.45) is 6.28. The maximum absolute atomic E-state index is 13.5. The number of carbonyl (C=O) groups excluding carboxylic acids is 1. The Bertz CT molecular complexity index is 1290. The van der Waals surface area contributed by atoms with E-state index in [2.05, 4.69) is 12.1 Å². The van der Waals surface area contributed by atoms with Gasteiger partial charge in [0.25, 0.3) is 5.91 Å². The minimum Gasteiger partial charge on any atom is -0.337 e. The lowest BCUT2D eigenvalue weighted by Gasteiger charge is -2.31. The van der Waals surface area contributed by atoms with Crippen LogP contribution in [0.4, 0.5) is 0 Å². The van der Waals surface area contributed by atoms with Gasteiger partial charge < -0.3 is 4.90 Å². The number of carbonyl (C=O) groups is 1. The molecule has 7 nitrogen and oxygen atoms in total. The third-order valence-electron chi connectivity index (χ3n) is 7.41. The molecule has 6 rings (SSSR count). The van der Waals surface area contributed by atoms with Crippen molar-refractivity contribution in [2.45, 2.75) is 56.9 Å². The third-order valence-corrected chi connectivity index (χ3v) is 10.4. The first-order valence-electron chi connectivity index (χ1n) is 11.9. The number of piperidine rings is 1. The van der Waals surface area contributed by atoms with Crippen LogP contribution in [-0.2, 0) is 22.7 Å². The van der Waals surface area contributed by atoms with Gasteiger partial charge in [-0.15, -0.1) is 11.3 Å². The van der Waals surface area contributed by atoms with Crippen molar-refractivity contribution in [2.24, 2.45) is 0 Å². The first kappa shape index (κ1) is 21.3. The number of nitrogens with zero attached hydrogens (tertiary/aromatic N) is 4. The van der Waals surface area contributed by atoms with Crippen molar-refractivity contribution < 1.29 is 13.2 Å². The molecule has 0 spiro atoms. The van der Waals surface area contributed by atoms with E-state index in [-0.39, 0.29) is 23.5 Å². The van der Waals surface area contributed by atoms with Crippen LogP contribution < -0.4 is 0 Å². The molecule has 2 aromatic heterocycles. The molecule has 174 valence electrons. The first-order valence-corrected chi connectivity index (χ1v) is 14.6. The zero-order valence-electron chi connectivity index (χ0n) is 18.6. The van der Waals surface area contributed by atoms with Crippen LogP contribution in [0.25, 0.3) is 10.2 Å². The Morgan fingerprint density at radius 3 is 2.61 bits per heavy atom. The van der Waals surface area contributed by atoms with Crippen molar-refractivity contribution in [2.75, 3.05) is 24.6 Å². The van der Waals surface area contributed by atoms with Crippen molar-refractivity contribution >= 4 is 37.3 Å². The van der Waals surface area contributed by atoms with E-state index in [0.29, 0.717) is 31.1 Å². The monoisotopic (exact) mass is 484 g/mol. The number of fused-ring (bicyclic) bond motifs is 2. The molecule has 1 atom stereocenters. The second-order valence-corrected chi connectivity index (χ2v) is 12.9. The van der Waals surface area contributed by atoms with Gasteiger partial charge in [0.1, 0.15) is 0 Å². The Hall–Kier alpha value is -2.26. The maximum atomic E-state index is 13.5. The minimum atomic E-state index is -3.01. The zero-order chi connectivity index (χ0) is 22.6. The predicted octanol–water partition coefficient (Wildman–Crippen LogP) is 3.75. The molecule has 2 aliphatic heterocycles. The molecule has 33 heavy (non-hydrogen) atoms. The normalized spacial score (nSPS) is 23.2. The Kier molecular flexibility index (Phi) is 5.29. The second-order valence-electron chi connectivity index (χ2n) is 9.57. The summed E-state index contributed by atoms with van der Waals surface area (Å²) in [5, 5.41) is 5.94. The molecule has 0 radical (unpaired) electrons. The van der Waals surface area contributed by atoms with E-state index in [0.717, 1.165) is 55.3 Å². The van der Waals surface area contributed by atoms with E-state index in [1.165, 1.54) is 9.71 Å². The second kappa shape index (κ2) is 8.20. The molecule has 0 unspecified atom stereocenters. The van der Waals surface area contributed by atoms with Crippen LogP contribution in [0, 0.1) is 0 Å². The lowest BCUT2D eigenvalue weighted by atomic mass is 9.94. The van der Waals surface area contributed by atoms with Gasteiger partial charge in [0.05, 0.1) is 32.8 Å². The lowest BCUT2D eigenvalue weighted by molar-refractivity contribution is 0.0704. The number of para-hydroxylation sites is 1. The van der Waals surface area contributed by atoms with E-state index in [1.807, 2.05) is 21.7 Å². The molecule has 0 bridgehead atoms. The molecule has 1 amide bonds. The average molecular weight is 485 g/mol. The number of thiazole rings is 1. The van der Waals surface area contributed by atoms with Gasteiger partial charge in [0.2, 0.25) is 0 Å². The molecule has 1 aliphatic carbocycles. The Morgan fingerprint density at radius 2 is 1.85 bits per heavy atom. The lowest BCUT2D eigenvalue weighted by Crippen LogP contribution is -2.38. The molecular weight excluding hydrogens is 456 g/mol. The van der Waals surface area contributed by atoms with E-state index in [4.69, 9.17) is 10.1 Å². The molecule has 9 heteroatoms. The highest BCUT2D eigenvalue weighted by molar-refractivity contribution is 7.91. The van der Waals surface area contributed by atoms with Crippen LogP contribution in [0.3, 0.4) is 0 Å². The standard InChI is InChI=1S/C24H28N4O3S2/c29-24(27-12-9-16(10-13-27)23-25-19-6-2-4-8-21(19)32-23)22-18-5-1-3-7-20(18)28(26-22)17-11-14-33(30,31)15-17/h2,4,6,8,16-17H,1,3,5,7,9-15H2/t17-/m1/s1. The van der Waals surface area contributed by atoms with Crippen molar-refractivity contribution in [1.82, 2.24) is 19.7 Å². The van der Waals surface area contributed by atoms with E-state index >= 15 is 0 Å². The fraction of sp³-hybridized carbons (Fsp3) is 0.542. The summed E-state index contributed by atoms with van der Waals surface area (Å²) < 4.78 is 27.2. The SMILES string of the molecule is O=C(c1nn([C@@H]2CCS(=O)(=O)C2)c2c1CCCC2)N1CCC(c2nc3ccccc3s2)CC1.